The maximum absolute atomic E-state index is 9.57. The fourth-order valence-corrected chi connectivity index (χ4v) is 2.81. The van der Waals surface area contributed by atoms with Crippen LogP contribution in [-0.4, -0.2) is 21.8 Å². The molecule has 3 rings (SSSR count). The van der Waals surface area contributed by atoms with Crippen LogP contribution in [0.5, 0.6) is 17.2 Å². The molecule has 1 heterocycles. The molecule has 0 amide bonds. The molecule has 0 aliphatic heterocycles. The normalized spacial score (nSPS) is 10.5. The van der Waals surface area contributed by atoms with Gasteiger partial charge in [0, 0.05) is 16.6 Å². The van der Waals surface area contributed by atoms with Gasteiger partial charge < -0.3 is 20.3 Å². The average Bonchev–Trinajstić information content (AvgIpc) is 3.01. The molecule has 0 radical (unpaired) electrons. The van der Waals surface area contributed by atoms with Gasteiger partial charge in [-0.1, -0.05) is 0 Å². The Morgan fingerprint density at radius 2 is 1.87 bits per heavy atom. The third-order valence-electron chi connectivity index (χ3n) is 3.19. The van der Waals surface area contributed by atoms with Crippen LogP contribution >= 0.6 is 11.3 Å². The minimum Gasteiger partial charge on any atom is -0.504 e. The molecule has 3 N–H and O–H groups in total. The molecule has 23 heavy (non-hydrogen) atoms. The van der Waals surface area contributed by atoms with Gasteiger partial charge in [0.1, 0.15) is 5.75 Å². The number of benzene rings is 2. The smallest absolute Gasteiger partial charge is 0.187 e. The minimum atomic E-state index is -0.156. The maximum atomic E-state index is 9.57. The number of phenols is 2. The molecule has 0 aliphatic rings. The highest BCUT2D eigenvalue weighted by atomic mass is 32.1. The van der Waals surface area contributed by atoms with Crippen LogP contribution in [0.1, 0.15) is 6.92 Å². The van der Waals surface area contributed by atoms with Crippen LogP contribution in [0.2, 0.25) is 0 Å². The van der Waals surface area contributed by atoms with Crippen molar-refractivity contribution in [2.75, 3.05) is 11.9 Å². The molecular weight excluding hydrogens is 312 g/mol. The van der Waals surface area contributed by atoms with Crippen molar-refractivity contribution < 1.29 is 14.9 Å². The third kappa shape index (κ3) is 3.54. The lowest BCUT2D eigenvalue weighted by Gasteiger charge is -2.05. The van der Waals surface area contributed by atoms with Crippen LogP contribution in [-0.2, 0) is 0 Å². The van der Waals surface area contributed by atoms with E-state index in [1.54, 1.807) is 6.07 Å². The SMILES string of the molecule is CCOc1ccc(Nc2nc(-c3ccc(O)c(O)c3)cs2)cc1. The highest BCUT2D eigenvalue weighted by Gasteiger charge is 2.08. The first-order valence-corrected chi connectivity index (χ1v) is 8.01. The van der Waals surface area contributed by atoms with Crippen LogP contribution in [0.25, 0.3) is 11.3 Å². The third-order valence-corrected chi connectivity index (χ3v) is 3.95. The fourth-order valence-electron chi connectivity index (χ4n) is 2.07. The summed E-state index contributed by atoms with van der Waals surface area (Å²) in [6.07, 6.45) is 0. The van der Waals surface area contributed by atoms with Gasteiger partial charge in [-0.25, -0.2) is 4.98 Å². The van der Waals surface area contributed by atoms with E-state index in [0.717, 1.165) is 27.8 Å². The number of hydrogen-bond donors (Lipinski definition) is 3. The average molecular weight is 328 g/mol. The number of hydrogen-bond acceptors (Lipinski definition) is 6. The van der Waals surface area contributed by atoms with Gasteiger partial charge in [0.15, 0.2) is 16.6 Å². The zero-order valence-corrected chi connectivity index (χ0v) is 13.3. The largest absolute Gasteiger partial charge is 0.504 e. The van der Waals surface area contributed by atoms with Crippen LogP contribution in [0.3, 0.4) is 0 Å². The summed E-state index contributed by atoms with van der Waals surface area (Å²) in [5, 5.41) is 24.8. The number of nitrogens with zero attached hydrogens (tertiary/aromatic N) is 1. The van der Waals surface area contributed by atoms with E-state index in [1.165, 1.54) is 23.5 Å². The van der Waals surface area contributed by atoms with E-state index in [-0.39, 0.29) is 11.5 Å². The van der Waals surface area contributed by atoms with Crippen LogP contribution < -0.4 is 10.1 Å². The predicted octanol–water partition coefficient (Wildman–Crippen LogP) is 4.36. The first-order valence-electron chi connectivity index (χ1n) is 7.13. The number of ether oxygens (including phenoxy) is 1. The molecule has 0 saturated carbocycles. The highest BCUT2D eigenvalue weighted by molar-refractivity contribution is 7.14. The first-order chi connectivity index (χ1) is 11.2. The fraction of sp³-hybridized carbons (Fsp3) is 0.118. The molecule has 3 aromatic rings. The molecule has 0 aliphatic carbocycles. The highest BCUT2D eigenvalue weighted by Crippen LogP contribution is 2.32. The van der Waals surface area contributed by atoms with Gasteiger partial charge in [0.25, 0.3) is 0 Å². The summed E-state index contributed by atoms with van der Waals surface area (Å²) >= 11 is 1.47. The van der Waals surface area contributed by atoms with Gasteiger partial charge in [-0.05, 0) is 49.4 Å². The number of thiazole rings is 1. The topological polar surface area (TPSA) is 74.6 Å². The second kappa shape index (κ2) is 6.58. The van der Waals surface area contributed by atoms with E-state index in [9.17, 15) is 10.2 Å². The van der Waals surface area contributed by atoms with Gasteiger partial charge >= 0.3 is 0 Å². The van der Waals surface area contributed by atoms with Crippen molar-refractivity contribution in [1.82, 2.24) is 4.98 Å². The Hall–Kier alpha value is -2.73. The molecule has 0 fully saturated rings. The molecule has 118 valence electrons. The minimum absolute atomic E-state index is 0.142. The van der Waals surface area contributed by atoms with Gasteiger partial charge in [0.2, 0.25) is 0 Å². The number of aromatic hydroxyl groups is 2. The Morgan fingerprint density at radius 3 is 2.57 bits per heavy atom. The van der Waals surface area contributed by atoms with Crippen molar-refractivity contribution in [3.63, 3.8) is 0 Å². The van der Waals surface area contributed by atoms with Gasteiger partial charge in [-0.3, -0.25) is 0 Å². The number of rotatable bonds is 5. The lowest BCUT2D eigenvalue weighted by Crippen LogP contribution is -1.92. The number of phenolic OH excluding ortho intramolecular Hbond substituents is 2. The van der Waals surface area contributed by atoms with Crippen molar-refractivity contribution >= 4 is 22.2 Å². The standard InChI is InChI=1S/C17H16N2O3S/c1-2-22-13-6-4-12(5-7-13)18-17-19-14(10-23-17)11-3-8-15(20)16(21)9-11/h3-10,20-21H,2H2,1H3,(H,18,19). The molecule has 2 aromatic carbocycles. The summed E-state index contributed by atoms with van der Waals surface area (Å²) in [7, 11) is 0. The Labute approximate surface area is 137 Å². The number of anilines is 2. The molecule has 0 unspecified atom stereocenters. The summed E-state index contributed by atoms with van der Waals surface area (Å²) in [5.74, 6) is 0.533. The molecule has 0 atom stereocenters. The Balaban J connectivity index is 1.75. The second-order valence-corrected chi connectivity index (χ2v) is 5.68. The molecule has 1 aromatic heterocycles. The Kier molecular flexibility index (Phi) is 4.34. The quantitative estimate of drug-likeness (QED) is 0.607. The van der Waals surface area contributed by atoms with E-state index in [2.05, 4.69) is 10.3 Å². The van der Waals surface area contributed by atoms with Crippen molar-refractivity contribution in [3.8, 4) is 28.5 Å². The van der Waals surface area contributed by atoms with E-state index in [4.69, 9.17) is 4.74 Å². The van der Waals surface area contributed by atoms with Crippen LogP contribution in [0, 0.1) is 0 Å². The van der Waals surface area contributed by atoms with E-state index >= 15 is 0 Å². The molecule has 0 spiro atoms. The molecule has 6 heteroatoms. The lowest BCUT2D eigenvalue weighted by molar-refractivity contribution is 0.340. The zero-order chi connectivity index (χ0) is 16.2. The van der Waals surface area contributed by atoms with E-state index in [0.29, 0.717) is 6.61 Å². The first kappa shape index (κ1) is 15.2. The van der Waals surface area contributed by atoms with Crippen molar-refractivity contribution in [3.05, 3.63) is 47.8 Å². The van der Waals surface area contributed by atoms with Crippen molar-refractivity contribution in [2.45, 2.75) is 6.92 Å². The van der Waals surface area contributed by atoms with Gasteiger partial charge in [0.05, 0.1) is 12.3 Å². The Bertz CT molecular complexity index is 800. The van der Waals surface area contributed by atoms with Gasteiger partial charge in [-0.15, -0.1) is 11.3 Å². The van der Waals surface area contributed by atoms with Gasteiger partial charge in [-0.2, -0.15) is 0 Å². The second-order valence-electron chi connectivity index (χ2n) is 4.82. The molecular formula is C17H16N2O3S. The maximum Gasteiger partial charge on any atom is 0.187 e. The van der Waals surface area contributed by atoms with Crippen LogP contribution in [0.4, 0.5) is 10.8 Å². The molecule has 0 bridgehead atoms. The molecule has 5 nitrogen and oxygen atoms in total. The summed E-state index contributed by atoms with van der Waals surface area (Å²) in [6, 6.07) is 12.3. The monoisotopic (exact) mass is 328 g/mol. The molecule has 0 saturated heterocycles. The van der Waals surface area contributed by atoms with E-state index in [1.807, 2.05) is 36.6 Å². The van der Waals surface area contributed by atoms with Crippen molar-refractivity contribution in [1.29, 1.82) is 0 Å². The summed E-state index contributed by atoms with van der Waals surface area (Å²) in [4.78, 5) is 4.49. The number of aromatic nitrogens is 1. The summed E-state index contributed by atoms with van der Waals surface area (Å²) < 4.78 is 5.41. The predicted molar refractivity (Wildman–Crippen MR) is 91.8 cm³/mol. The lowest BCUT2D eigenvalue weighted by atomic mass is 10.1. The zero-order valence-electron chi connectivity index (χ0n) is 12.5. The summed E-state index contributed by atoms with van der Waals surface area (Å²) in [6.45, 7) is 2.59. The van der Waals surface area contributed by atoms with E-state index < -0.39 is 0 Å². The number of nitrogens with one attached hydrogen (secondary N) is 1. The van der Waals surface area contributed by atoms with Crippen LogP contribution in [0.15, 0.2) is 47.8 Å². The Morgan fingerprint density at radius 1 is 1.09 bits per heavy atom. The summed E-state index contributed by atoms with van der Waals surface area (Å²) in [5.41, 5.74) is 2.40. The van der Waals surface area contributed by atoms with Crippen molar-refractivity contribution in [2.24, 2.45) is 0 Å².